The first-order valence-corrected chi connectivity index (χ1v) is 7.82. The molecule has 1 saturated heterocycles. The Hall–Kier alpha value is -0.780. The fourth-order valence-corrected chi connectivity index (χ4v) is 2.38. The van der Waals surface area contributed by atoms with Crippen LogP contribution in [0.25, 0.3) is 0 Å². The number of nitrogens with zero attached hydrogens (tertiary/aromatic N) is 1. The normalized spacial score (nSPS) is 27.6. The highest BCUT2D eigenvalue weighted by atomic mass is 32.1. The molecule has 0 unspecified atom stereocenters. The number of nitrogens with two attached hydrogens (primary N) is 1. The van der Waals surface area contributed by atoms with Crippen molar-refractivity contribution in [3.05, 3.63) is 32.6 Å². The maximum Gasteiger partial charge on any atom is 0.331 e. The number of aromatic amines is 1. The Morgan fingerprint density at radius 1 is 1.59 bits per heavy atom. The third kappa shape index (κ3) is 4.61. The van der Waals surface area contributed by atoms with Crippen molar-refractivity contribution in [3.63, 3.8) is 0 Å². The molecule has 1 aromatic heterocycles. The minimum Gasteiger partial charge on any atom is -0.394 e. The number of rotatable bonds is 2. The molecule has 10 nitrogen and oxygen atoms in total. The van der Waals surface area contributed by atoms with Crippen LogP contribution >= 0.6 is 21.2 Å². The van der Waals surface area contributed by atoms with Crippen molar-refractivity contribution >= 4 is 21.2 Å². The number of aromatic nitrogens is 2. The van der Waals surface area contributed by atoms with Gasteiger partial charge in [-0.1, -0.05) is 0 Å². The first-order chi connectivity index (χ1) is 10.1. The van der Waals surface area contributed by atoms with Crippen LogP contribution in [0.15, 0.2) is 15.8 Å². The van der Waals surface area contributed by atoms with Gasteiger partial charge >= 0.3 is 5.69 Å². The summed E-state index contributed by atoms with van der Waals surface area (Å²) in [6, 6.07) is 0. The average Bonchev–Trinajstić information content (AvgIpc) is 2.69. The largest absolute Gasteiger partial charge is 0.394 e. The van der Waals surface area contributed by atoms with Crippen LogP contribution in [0.1, 0.15) is 12.0 Å². The molecule has 1 fully saturated rings. The Labute approximate surface area is 131 Å². The molecule has 0 aliphatic carbocycles. The van der Waals surface area contributed by atoms with Crippen molar-refractivity contribution in [1.82, 2.24) is 9.55 Å². The molecule has 2 heterocycles. The van der Waals surface area contributed by atoms with E-state index < -0.39 is 37.0 Å². The van der Waals surface area contributed by atoms with Crippen LogP contribution in [0.2, 0.25) is 0 Å². The second-order valence-corrected chi connectivity index (χ2v) is 5.95. The van der Waals surface area contributed by atoms with Crippen molar-refractivity contribution in [3.8, 4) is 0 Å². The van der Waals surface area contributed by atoms with E-state index in [2.05, 4.69) is 23.1 Å². The minimum atomic E-state index is -2.12. The van der Waals surface area contributed by atoms with E-state index in [1.807, 2.05) is 0 Å². The van der Waals surface area contributed by atoms with E-state index in [9.17, 15) is 14.7 Å². The van der Waals surface area contributed by atoms with Gasteiger partial charge in [-0.3, -0.25) is 19.8 Å². The van der Waals surface area contributed by atoms with Gasteiger partial charge < -0.3 is 24.7 Å². The summed E-state index contributed by atoms with van der Waals surface area (Å²) in [7, 11) is -2.12. The van der Waals surface area contributed by atoms with Gasteiger partial charge in [0, 0.05) is 18.2 Å². The highest BCUT2D eigenvalue weighted by Crippen LogP contribution is 2.37. The molecular formula is C10H18N3O7PS. The first-order valence-electron chi connectivity index (χ1n) is 6.05. The summed E-state index contributed by atoms with van der Waals surface area (Å²) < 4.78 is 6.48. The molecule has 3 atom stereocenters. The lowest BCUT2D eigenvalue weighted by Crippen LogP contribution is -2.41. The quantitative estimate of drug-likeness (QED) is 0.229. The molecule has 0 spiro atoms. The number of aryl methyl sites for hydroxylation is 1. The van der Waals surface area contributed by atoms with Crippen LogP contribution in [0.3, 0.4) is 0 Å². The van der Waals surface area contributed by atoms with Crippen molar-refractivity contribution in [2.75, 3.05) is 6.61 Å². The summed E-state index contributed by atoms with van der Waals surface area (Å²) in [5.74, 6) is 0. The Balaban J connectivity index is 0.000000541. The van der Waals surface area contributed by atoms with Gasteiger partial charge in [0.2, 0.25) is 8.53 Å². The Morgan fingerprint density at radius 3 is 2.59 bits per heavy atom. The molecule has 0 aromatic carbocycles. The van der Waals surface area contributed by atoms with Gasteiger partial charge in [-0.15, -0.1) is 12.6 Å². The maximum absolute atomic E-state index is 11.7. The predicted molar refractivity (Wildman–Crippen MR) is 81.1 cm³/mol. The molecule has 22 heavy (non-hydrogen) atoms. The fourth-order valence-electron chi connectivity index (χ4n) is 1.91. The zero-order valence-electron chi connectivity index (χ0n) is 11.6. The number of nitrogens with one attached hydrogen (secondary N) is 1. The molecule has 126 valence electrons. The molecule has 1 aliphatic heterocycles. The van der Waals surface area contributed by atoms with E-state index in [-0.39, 0.29) is 13.0 Å². The van der Waals surface area contributed by atoms with Gasteiger partial charge in [0.15, 0.2) is 5.06 Å². The average molecular weight is 355 g/mol. The lowest BCUT2D eigenvalue weighted by atomic mass is 10.2. The molecule has 7 N–H and O–H groups in total. The highest BCUT2D eigenvalue weighted by Gasteiger charge is 2.45. The Kier molecular flexibility index (Phi) is 6.71. The van der Waals surface area contributed by atoms with Gasteiger partial charge in [0.25, 0.3) is 5.56 Å². The minimum absolute atomic E-state index is 0.0345. The maximum atomic E-state index is 11.7. The molecule has 12 heteroatoms. The topological polar surface area (TPSA) is 171 Å². The summed E-state index contributed by atoms with van der Waals surface area (Å²) in [6.45, 7) is 1.17. The number of ether oxygens (including phenoxy) is 1. The fraction of sp³-hybridized carbons (Fsp3) is 0.600. The van der Waals surface area contributed by atoms with Gasteiger partial charge in [0.1, 0.15) is 6.10 Å². The lowest BCUT2D eigenvalue weighted by Gasteiger charge is -2.25. The first kappa shape index (κ1) is 19.3. The smallest absolute Gasteiger partial charge is 0.331 e. The summed E-state index contributed by atoms with van der Waals surface area (Å²) >= 11 is 4.24. The van der Waals surface area contributed by atoms with Crippen LogP contribution in [0, 0.1) is 6.92 Å². The van der Waals surface area contributed by atoms with E-state index in [4.69, 9.17) is 19.6 Å². The Morgan fingerprint density at radius 2 is 2.14 bits per heavy atom. The van der Waals surface area contributed by atoms with Crippen molar-refractivity contribution in [2.24, 2.45) is 5.50 Å². The third-order valence-corrected chi connectivity index (χ3v) is 3.42. The lowest BCUT2D eigenvalue weighted by molar-refractivity contribution is -0.0636. The second kappa shape index (κ2) is 7.66. The SMILES string of the molecule is Cc1cn([C@@]2(S)C[C@H](O)[C@@H](CO)O2)c(=O)[nH]c1=O.NP(O)O. The van der Waals surface area contributed by atoms with E-state index in [0.717, 1.165) is 4.57 Å². The number of H-pyrrole nitrogens is 1. The van der Waals surface area contributed by atoms with E-state index >= 15 is 0 Å². The highest BCUT2D eigenvalue weighted by molar-refractivity contribution is 7.80. The number of aliphatic hydroxyl groups is 2. The summed E-state index contributed by atoms with van der Waals surface area (Å²) in [6.07, 6.45) is -0.374. The monoisotopic (exact) mass is 355 g/mol. The number of hydrogen-bond acceptors (Lipinski definition) is 9. The van der Waals surface area contributed by atoms with Crippen molar-refractivity contribution in [2.45, 2.75) is 30.6 Å². The zero-order valence-corrected chi connectivity index (χ0v) is 13.4. The molecule has 0 amide bonds. The van der Waals surface area contributed by atoms with Crippen LogP contribution < -0.4 is 16.8 Å². The predicted octanol–water partition coefficient (Wildman–Crippen LogP) is -2.32. The number of aliphatic hydroxyl groups excluding tert-OH is 2. The van der Waals surface area contributed by atoms with Crippen LogP contribution in [0.5, 0.6) is 0 Å². The van der Waals surface area contributed by atoms with Crippen LogP contribution in [-0.4, -0.2) is 48.4 Å². The molecule has 0 saturated carbocycles. The van der Waals surface area contributed by atoms with E-state index in [1.165, 1.54) is 6.20 Å². The van der Waals surface area contributed by atoms with Gasteiger partial charge in [-0.05, 0) is 6.92 Å². The number of hydrogen-bond donors (Lipinski definition) is 7. The summed E-state index contributed by atoms with van der Waals surface area (Å²) in [5.41, 5.74) is 3.46. The van der Waals surface area contributed by atoms with E-state index in [1.54, 1.807) is 6.92 Å². The van der Waals surface area contributed by atoms with Crippen LogP contribution in [-0.2, 0) is 9.79 Å². The van der Waals surface area contributed by atoms with Gasteiger partial charge in [-0.25, -0.2) is 4.79 Å². The summed E-state index contributed by atoms with van der Waals surface area (Å²) in [4.78, 5) is 40.0. The van der Waals surface area contributed by atoms with Crippen molar-refractivity contribution < 1.29 is 24.7 Å². The van der Waals surface area contributed by atoms with Gasteiger partial charge in [-0.2, -0.15) is 0 Å². The number of thiol groups is 1. The zero-order chi connectivity index (χ0) is 17.1. The molecule has 0 radical (unpaired) electrons. The standard InChI is InChI=1S/C10H14N2O5S.H4NO2P/c1-5-3-12(9(16)11-8(5)15)10(18)2-6(14)7(4-13)17-10;1-4(2)3/h3,6-7,13-14,18H,2,4H2,1H3,(H,11,15,16);2-3H,1H2/t6-,7+,10-;/m0./s1. The van der Waals surface area contributed by atoms with Gasteiger partial charge in [0.05, 0.1) is 12.7 Å². The van der Waals surface area contributed by atoms with Crippen molar-refractivity contribution in [1.29, 1.82) is 0 Å². The molecule has 0 bridgehead atoms. The molecule has 1 aromatic rings. The Bertz CT molecular complexity index is 619. The molecule has 1 aliphatic rings. The molecular weight excluding hydrogens is 337 g/mol. The van der Waals surface area contributed by atoms with Crippen LogP contribution in [0.4, 0.5) is 0 Å². The van der Waals surface area contributed by atoms with E-state index in [0.29, 0.717) is 5.56 Å². The summed E-state index contributed by atoms with van der Waals surface area (Å²) in [5, 5.41) is 17.3. The molecule has 2 rings (SSSR count). The second-order valence-electron chi connectivity index (χ2n) is 4.62. The third-order valence-electron chi connectivity index (χ3n) is 2.92.